The Hall–Kier alpha value is -3.06. The van der Waals surface area contributed by atoms with Crippen molar-refractivity contribution in [1.29, 1.82) is 0 Å². The zero-order chi connectivity index (χ0) is 20.8. The lowest BCUT2D eigenvalue weighted by Crippen LogP contribution is -2.50. The second-order valence-corrected chi connectivity index (χ2v) is 6.95. The summed E-state index contributed by atoms with van der Waals surface area (Å²) in [5.74, 6) is -0.217. The first-order chi connectivity index (χ1) is 14.0. The topological polar surface area (TPSA) is 79.0 Å². The van der Waals surface area contributed by atoms with Crippen molar-refractivity contribution in [3.8, 4) is 0 Å². The highest BCUT2D eigenvalue weighted by Gasteiger charge is 2.25. The third-order valence-electron chi connectivity index (χ3n) is 4.58. The summed E-state index contributed by atoms with van der Waals surface area (Å²) >= 11 is 5.87. The highest BCUT2D eigenvalue weighted by molar-refractivity contribution is 6.30. The summed E-state index contributed by atoms with van der Waals surface area (Å²) in [6.45, 7) is 3.77. The molecule has 1 aliphatic heterocycles. The van der Waals surface area contributed by atoms with Crippen LogP contribution >= 0.6 is 11.6 Å². The SMILES string of the molecule is CCOC(=O)Nc1cccc(C(=O)N2CCN(C(=O)c3ccc(Cl)cc3)CC2)c1. The van der Waals surface area contributed by atoms with E-state index in [0.29, 0.717) is 48.0 Å². The number of nitrogens with one attached hydrogen (secondary N) is 1. The zero-order valence-electron chi connectivity index (χ0n) is 16.1. The Labute approximate surface area is 174 Å². The van der Waals surface area contributed by atoms with Gasteiger partial charge in [-0.2, -0.15) is 0 Å². The van der Waals surface area contributed by atoms with Crippen molar-refractivity contribution in [2.75, 3.05) is 38.1 Å². The van der Waals surface area contributed by atoms with E-state index in [1.54, 1.807) is 65.3 Å². The number of benzene rings is 2. The summed E-state index contributed by atoms with van der Waals surface area (Å²) in [6, 6.07) is 13.5. The molecule has 1 heterocycles. The van der Waals surface area contributed by atoms with Crippen LogP contribution in [0.1, 0.15) is 27.6 Å². The molecule has 2 aromatic rings. The van der Waals surface area contributed by atoms with Gasteiger partial charge in [-0.05, 0) is 49.4 Å². The lowest BCUT2D eigenvalue weighted by atomic mass is 10.1. The molecule has 0 atom stereocenters. The van der Waals surface area contributed by atoms with E-state index >= 15 is 0 Å². The molecule has 1 aliphatic rings. The van der Waals surface area contributed by atoms with E-state index in [1.807, 2.05) is 0 Å². The highest BCUT2D eigenvalue weighted by atomic mass is 35.5. The summed E-state index contributed by atoms with van der Waals surface area (Å²) < 4.78 is 4.85. The lowest BCUT2D eigenvalue weighted by Gasteiger charge is -2.35. The van der Waals surface area contributed by atoms with Crippen molar-refractivity contribution in [3.63, 3.8) is 0 Å². The van der Waals surface area contributed by atoms with E-state index in [4.69, 9.17) is 16.3 Å². The number of amides is 3. The van der Waals surface area contributed by atoms with Crippen LogP contribution in [-0.4, -0.2) is 60.5 Å². The van der Waals surface area contributed by atoms with E-state index in [-0.39, 0.29) is 18.4 Å². The number of ether oxygens (including phenoxy) is 1. The van der Waals surface area contributed by atoms with Crippen molar-refractivity contribution >= 4 is 35.2 Å². The molecule has 0 saturated carbocycles. The molecule has 0 aliphatic carbocycles. The van der Waals surface area contributed by atoms with Gasteiger partial charge in [-0.3, -0.25) is 14.9 Å². The predicted molar refractivity (Wildman–Crippen MR) is 110 cm³/mol. The Bertz CT molecular complexity index is 893. The number of anilines is 1. The van der Waals surface area contributed by atoms with Gasteiger partial charge >= 0.3 is 6.09 Å². The minimum Gasteiger partial charge on any atom is -0.450 e. The monoisotopic (exact) mass is 415 g/mol. The number of hydrogen-bond acceptors (Lipinski definition) is 4. The Kier molecular flexibility index (Phi) is 6.72. The normalized spacial score (nSPS) is 13.7. The molecule has 0 bridgehead atoms. The highest BCUT2D eigenvalue weighted by Crippen LogP contribution is 2.16. The second kappa shape index (κ2) is 9.43. The molecule has 8 heteroatoms. The number of carbonyl (C=O) groups excluding carboxylic acids is 3. The summed E-state index contributed by atoms with van der Waals surface area (Å²) in [4.78, 5) is 40.4. The molecule has 0 radical (unpaired) electrons. The van der Waals surface area contributed by atoms with Crippen LogP contribution in [-0.2, 0) is 4.74 Å². The number of rotatable bonds is 4. The van der Waals surface area contributed by atoms with E-state index in [9.17, 15) is 14.4 Å². The molecule has 1 N–H and O–H groups in total. The average Bonchev–Trinajstić information content (AvgIpc) is 2.74. The summed E-state index contributed by atoms with van der Waals surface area (Å²) in [6.07, 6.45) is -0.563. The van der Waals surface area contributed by atoms with Gasteiger partial charge in [0.2, 0.25) is 0 Å². The van der Waals surface area contributed by atoms with Crippen LogP contribution < -0.4 is 5.32 Å². The first kappa shape index (κ1) is 20.7. The van der Waals surface area contributed by atoms with Crippen LogP contribution in [0.4, 0.5) is 10.5 Å². The molecule has 1 fully saturated rings. The van der Waals surface area contributed by atoms with Crippen molar-refractivity contribution in [2.24, 2.45) is 0 Å². The summed E-state index contributed by atoms with van der Waals surface area (Å²) in [5.41, 5.74) is 1.54. The number of nitrogens with zero attached hydrogens (tertiary/aromatic N) is 2. The van der Waals surface area contributed by atoms with Gasteiger partial charge in [-0.25, -0.2) is 4.79 Å². The maximum Gasteiger partial charge on any atom is 0.411 e. The number of carbonyl (C=O) groups is 3. The molecule has 7 nitrogen and oxygen atoms in total. The average molecular weight is 416 g/mol. The molecule has 0 aromatic heterocycles. The van der Waals surface area contributed by atoms with Crippen LogP contribution in [0.2, 0.25) is 5.02 Å². The van der Waals surface area contributed by atoms with Crippen LogP contribution in [0.25, 0.3) is 0 Å². The first-order valence-corrected chi connectivity index (χ1v) is 9.73. The van der Waals surface area contributed by atoms with Gasteiger partial charge in [-0.1, -0.05) is 17.7 Å². The summed E-state index contributed by atoms with van der Waals surface area (Å²) in [7, 11) is 0. The Morgan fingerprint density at radius 3 is 2.10 bits per heavy atom. The van der Waals surface area contributed by atoms with Gasteiger partial charge in [0.05, 0.1) is 6.61 Å². The minimum atomic E-state index is -0.563. The largest absolute Gasteiger partial charge is 0.450 e. The van der Waals surface area contributed by atoms with Crippen molar-refractivity contribution in [3.05, 3.63) is 64.7 Å². The smallest absolute Gasteiger partial charge is 0.411 e. The van der Waals surface area contributed by atoms with Crippen molar-refractivity contribution < 1.29 is 19.1 Å². The van der Waals surface area contributed by atoms with Gasteiger partial charge in [0.25, 0.3) is 11.8 Å². The van der Waals surface area contributed by atoms with Gasteiger partial charge in [0.15, 0.2) is 0 Å². The van der Waals surface area contributed by atoms with Gasteiger partial charge < -0.3 is 14.5 Å². The van der Waals surface area contributed by atoms with E-state index in [0.717, 1.165) is 0 Å². The molecular weight excluding hydrogens is 394 g/mol. The minimum absolute atomic E-state index is 0.0746. The van der Waals surface area contributed by atoms with Crippen LogP contribution in [0, 0.1) is 0 Å². The third-order valence-corrected chi connectivity index (χ3v) is 4.83. The fraction of sp³-hybridized carbons (Fsp3) is 0.286. The van der Waals surface area contributed by atoms with Gasteiger partial charge in [-0.15, -0.1) is 0 Å². The third kappa shape index (κ3) is 5.26. The fourth-order valence-electron chi connectivity index (χ4n) is 3.09. The Morgan fingerprint density at radius 1 is 0.931 bits per heavy atom. The number of piperazine rings is 1. The number of halogens is 1. The molecule has 152 valence electrons. The molecule has 29 heavy (non-hydrogen) atoms. The van der Waals surface area contributed by atoms with Gasteiger partial charge in [0.1, 0.15) is 0 Å². The number of hydrogen-bond donors (Lipinski definition) is 1. The quantitative estimate of drug-likeness (QED) is 0.828. The van der Waals surface area contributed by atoms with Crippen molar-refractivity contribution in [2.45, 2.75) is 6.92 Å². The maximum atomic E-state index is 12.8. The summed E-state index contributed by atoms with van der Waals surface area (Å²) in [5, 5.41) is 3.17. The van der Waals surface area contributed by atoms with E-state index in [1.165, 1.54) is 0 Å². The van der Waals surface area contributed by atoms with Crippen LogP contribution in [0.3, 0.4) is 0 Å². The fourth-order valence-corrected chi connectivity index (χ4v) is 3.21. The Morgan fingerprint density at radius 2 is 1.52 bits per heavy atom. The Balaban J connectivity index is 1.59. The first-order valence-electron chi connectivity index (χ1n) is 9.36. The van der Waals surface area contributed by atoms with Gasteiger partial charge in [0, 0.05) is 48.0 Å². The molecule has 1 saturated heterocycles. The van der Waals surface area contributed by atoms with E-state index < -0.39 is 6.09 Å². The molecule has 2 aromatic carbocycles. The van der Waals surface area contributed by atoms with Crippen molar-refractivity contribution in [1.82, 2.24) is 9.80 Å². The molecule has 3 rings (SSSR count). The molecular formula is C21H22ClN3O4. The van der Waals surface area contributed by atoms with Crippen LogP contribution in [0.5, 0.6) is 0 Å². The standard InChI is InChI=1S/C21H22ClN3O4/c1-2-29-21(28)23-18-5-3-4-16(14-18)20(27)25-12-10-24(11-13-25)19(26)15-6-8-17(22)9-7-15/h3-9,14H,2,10-13H2,1H3,(H,23,28). The maximum absolute atomic E-state index is 12.8. The second-order valence-electron chi connectivity index (χ2n) is 6.52. The lowest BCUT2D eigenvalue weighted by molar-refractivity contribution is 0.0535. The molecule has 0 unspecified atom stereocenters. The van der Waals surface area contributed by atoms with E-state index in [2.05, 4.69) is 5.32 Å². The molecule has 3 amide bonds. The van der Waals surface area contributed by atoms with Crippen LogP contribution in [0.15, 0.2) is 48.5 Å². The zero-order valence-corrected chi connectivity index (χ0v) is 16.8. The predicted octanol–water partition coefficient (Wildman–Crippen LogP) is 3.51. The molecule has 0 spiro atoms.